The predicted molar refractivity (Wildman–Crippen MR) is 74.5 cm³/mol. The van der Waals surface area contributed by atoms with Crippen molar-refractivity contribution in [2.75, 3.05) is 0 Å². The molecule has 1 aromatic heterocycles. The van der Waals surface area contributed by atoms with Crippen LogP contribution < -0.4 is 0 Å². The minimum absolute atomic E-state index is 0.701. The minimum atomic E-state index is 0.701. The predicted octanol–water partition coefficient (Wildman–Crippen LogP) is 4.08. The molecule has 0 bridgehead atoms. The summed E-state index contributed by atoms with van der Waals surface area (Å²) in [5.74, 6) is 0. The van der Waals surface area contributed by atoms with Crippen LogP contribution in [-0.4, -0.2) is 4.57 Å². The second-order valence-electron chi connectivity index (χ2n) is 4.64. The Morgan fingerprint density at radius 2 is 2.06 bits per heavy atom. The van der Waals surface area contributed by atoms with Crippen LogP contribution in [0, 0.1) is 18.3 Å². The van der Waals surface area contributed by atoms with E-state index in [1.165, 1.54) is 5.57 Å². The lowest BCUT2D eigenvalue weighted by Crippen LogP contribution is -1.98. The van der Waals surface area contributed by atoms with Gasteiger partial charge in [0.05, 0.1) is 11.6 Å². The summed E-state index contributed by atoms with van der Waals surface area (Å²) in [5, 5.41) is 8.89. The summed E-state index contributed by atoms with van der Waals surface area (Å²) < 4.78 is 2.14. The van der Waals surface area contributed by atoms with Crippen LogP contribution in [0.1, 0.15) is 30.7 Å². The van der Waals surface area contributed by atoms with Gasteiger partial charge in [0.1, 0.15) is 0 Å². The molecule has 0 amide bonds. The van der Waals surface area contributed by atoms with E-state index in [2.05, 4.69) is 36.6 Å². The monoisotopic (exact) mass is 236 g/mol. The average molecular weight is 236 g/mol. The Labute approximate surface area is 108 Å². The van der Waals surface area contributed by atoms with E-state index in [1.54, 1.807) is 0 Å². The fourth-order valence-corrected chi connectivity index (χ4v) is 2.02. The zero-order chi connectivity index (χ0) is 13.1. The number of nitriles is 1. The van der Waals surface area contributed by atoms with Crippen molar-refractivity contribution in [3.05, 3.63) is 58.9 Å². The van der Waals surface area contributed by atoms with Crippen LogP contribution in [0.3, 0.4) is 0 Å². The zero-order valence-electron chi connectivity index (χ0n) is 10.9. The summed E-state index contributed by atoms with van der Waals surface area (Å²) in [6.07, 6.45) is 4.20. The molecule has 1 aromatic carbocycles. The molecule has 0 aliphatic heterocycles. The van der Waals surface area contributed by atoms with Gasteiger partial charge >= 0.3 is 0 Å². The number of benzene rings is 1. The van der Waals surface area contributed by atoms with Crippen LogP contribution in [0.4, 0.5) is 0 Å². The number of hydrogen-bond donors (Lipinski definition) is 0. The number of hydrogen-bond acceptors (Lipinski definition) is 1. The fourth-order valence-electron chi connectivity index (χ4n) is 2.02. The smallest absolute Gasteiger partial charge is 0.0991 e. The van der Waals surface area contributed by atoms with Crippen LogP contribution in [0.25, 0.3) is 11.8 Å². The van der Waals surface area contributed by atoms with Gasteiger partial charge in [0.15, 0.2) is 0 Å². The molecule has 1 heterocycles. The van der Waals surface area contributed by atoms with Gasteiger partial charge in [-0.05, 0) is 62.7 Å². The van der Waals surface area contributed by atoms with Crippen molar-refractivity contribution in [2.24, 2.45) is 0 Å². The topological polar surface area (TPSA) is 28.7 Å². The van der Waals surface area contributed by atoms with Crippen molar-refractivity contribution < 1.29 is 0 Å². The van der Waals surface area contributed by atoms with Crippen LogP contribution in [0.15, 0.2) is 42.1 Å². The van der Waals surface area contributed by atoms with Gasteiger partial charge in [-0.2, -0.15) is 5.26 Å². The normalized spacial score (nSPS) is 9.89. The first-order chi connectivity index (χ1) is 8.61. The molecular weight excluding hydrogens is 220 g/mol. The van der Waals surface area contributed by atoms with Crippen molar-refractivity contribution in [3.8, 4) is 11.8 Å². The minimum Gasteiger partial charge on any atom is -0.317 e. The second-order valence-corrected chi connectivity index (χ2v) is 4.64. The highest BCUT2D eigenvalue weighted by atomic mass is 15.0. The summed E-state index contributed by atoms with van der Waals surface area (Å²) in [5.41, 5.74) is 5.34. The molecule has 0 aliphatic rings. The molecule has 0 atom stereocenters. The Balaban J connectivity index is 2.54. The summed E-state index contributed by atoms with van der Waals surface area (Å²) in [6.45, 7) is 6.20. The lowest BCUT2D eigenvalue weighted by atomic mass is 10.1. The third-order valence-corrected chi connectivity index (χ3v) is 2.80. The van der Waals surface area contributed by atoms with Crippen molar-refractivity contribution in [1.82, 2.24) is 4.57 Å². The van der Waals surface area contributed by atoms with E-state index in [0.717, 1.165) is 16.9 Å². The van der Waals surface area contributed by atoms with Gasteiger partial charge in [0.25, 0.3) is 0 Å². The van der Waals surface area contributed by atoms with Crippen LogP contribution in [-0.2, 0) is 0 Å². The van der Waals surface area contributed by atoms with Gasteiger partial charge in [-0.3, -0.25) is 0 Å². The first-order valence-electron chi connectivity index (χ1n) is 5.95. The average Bonchev–Trinajstić information content (AvgIpc) is 2.76. The summed E-state index contributed by atoms with van der Waals surface area (Å²) in [6, 6.07) is 12.1. The number of allylic oxidation sites excluding steroid dienone is 1. The van der Waals surface area contributed by atoms with E-state index in [-0.39, 0.29) is 0 Å². The highest BCUT2D eigenvalue weighted by Gasteiger charge is 2.05. The van der Waals surface area contributed by atoms with Crippen molar-refractivity contribution in [3.63, 3.8) is 0 Å². The van der Waals surface area contributed by atoms with Gasteiger partial charge in [-0.25, -0.2) is 0 Å². The Morgan fingerprint density at radius 3 is 2.67 bits per heavy atom. The lowest BCUT2D eigenvalue weighted by Gasteiger charge is -2.10. The summed E-state index contributed by atoms with van der Waals surface area (Å²) >= 11 is 0. The first kappa shape index (κ1) is 12.2. The van der Waals surface area contributed by atoms with Crippen molar-refractivity contribution in [1.29, 1.82) is 5.26 Å². The molecule has 2 heteroatoms. The van der Waals surface area contributed by atoms with E-state index >= 15 is 0 Å². The Morgan fingerprint density at radius 1 is 1.28 bits per heavy atom. The van der Waals surface area contributed by atoms with Gasteiger partial charge in [0.2, 0.25) is 0 Å². The van der Waals surface area contributed by atoms with E-state index in [0.29, 0.717) is 5.56 Å². The summed E-state index contributed by atoms with van der Waals surface area (Å²) in [4.78, 5) is 0. The van der Waals surface area contributed by atoms with Crippen LogP contribution in [0.2, 0.25) is 0 Å². The number of rotatable bonds is 2. The van der Waals surface area contributed by atoms with Gasteiger partial charge in [0, 0.05) is 17.6 Å². The van der Waals surface area contributed by atoms with Gasteiger partial charge < -0.3 is 4.57 Å². The molecule has 2 aromatic rings. The third kappa shape index (κ3) is 2.36. The molecule has 0 fully saturated rings. The van der Waals surface area contributed by atoms with Crippen LogP contribution >= 0.6 is 0 Å². The highest BCUT2D eigenvalue weighted by Crippen LogP contribution is 2.20. The molecule has 2 nitrogen and oxygen atoms in total. The quantitative estimate of drug-likeness (QED) is 0.772. The third-order valence-electron chi connectivity index (χ3n) is 2.80. The molecular formula is C16H16N2. The largest absolute Gasteiger partial charge is 0.317 e. The lowest BCUT2D eigenvalue weighted by molar-refractivity contribution is 1.04. The molecule has 18 heavy (non-hydrogen) atoms. The maximum Gasteiger partial charge on any atom is 0.0991 e. The molecule has 90 valence electrons. The van der Waals surface area contributed by atoms with E-state index in [1.807, 2.05) is 37.4 Å². The molecule has 0 spiro atoms. The molecule has 0 saturated heterocycles. The number of nitrogens with zero attached hydrogens (tertiary/aromatic N) is 2. The first-order valence-corrected chi connectivity index (χ1v) is 5.95. The van der Waals surface area contributed by atoms with Gasteiger partial charge in [-0.15, -0.1) is 0 Å². The number of aromatic nitrogens is 1. The molecule has 0 N–H and O–H groups in total. The Hall–Kier alpha value is -2.27. The maximum atomic E-state index is 8.89. The maximum absolute atomic E-state index is 8.89. The molecule has 0 radical (unpaired) electrons. The van der Waals surface area contributed by atoms with Crippen LogP contribution in [0.5, 0.6) is 0 Å². The summed E-state index contributed by atoms with van der Waals surface area (Å²) in [7, 11) is 0. The van der Waals surface area contributed by atoms with E-state index in [4.69, 9.17) is 5.26 Å². The van der Waals surface area contributed by atoms with E-state index < -0.39 is 0 Å². The molecule has 0 saturated carbocycles. The molecule has 0 unspecified atom stereocenters. The van der Waals surface area contributed by atoms with Crippen molar-refractivity contribution >= 4 is 6.08 Å². The highest BCUT2D eigenvalue weighted by molar-refractivity contribution is 5.55. The SMILES string of the molecule is CC(C)=Cc1cccn1-c1ccc(C#N)cc1C. The number of aryl methyl sites for hydroxylation is 1. The Bertz CT molecular complexity index is 635. The van der Waals surface area contributed by atoms with Gasteiger partial charge in [-0.1, -0.05) is 5.57 Å². The fraction of sp³-hybridized carbons (Fsp3) is 0.188. The standard InChI is InChI=1S/C16H16N2/c1-12(2)9-15-5-4-8-18(15)16-7-6-14(11-17)10-13(16)3/h4-10H,1-3H3. The zero-order valence-corrected chi connectivity index (χ0v) is 10.9. The van der Waals surface area contributed by atoms with E-state index in [9.17, 15) is 0 Å². The molecule has 0 aliphatic carbocycles. The molecule has 2 rings (SSSR count). The van der Waals surface area contributed by atoms with Crippen molar-refractivity contribution in [2.45, 2.75) is 20.8 Å². The second kappa shape index (κ2) is 4.93. The Kier molecular flexibility index (Phi) is 3.34.